The van der Waals surface area contributed by atoms with Crippen LogP contribution in [0.25, 0.3) is 0 Å². The van der Waals surface area contributed by atoms with Gasteiger partial charge in [0.2, 0.25) is 10.0 Å². The van der Waals surface area contributed by atoms with Crippen LogP contribution in [0.4, 0.5) is 0 Å². The maximum atomic E-state index is 12.5. The van der Waals surface area contributed by atoms with Crippen molar-refractivity contribution in [2.24, 2.45) is 0 Å². The van der Waals surface area contributed by atoms with E-state index in [4.69, 9.17) is 16.3 Å². The van der Waals surface area contributed by atoms with Gasteiger partial charge in [0.25, 0.3) is 0 Å². The molecule has 1 aromatic rings. The quantitative estimate of drug-likeness (QED) is 0.836. The van der Waals surface area contributed by atoms with E-state index in [-0.39, 0.29) is 16.7 Å². The average Bonchev–Trinajstić information content (AvgIpc) is 2.38. The Morgan fingerprint density at radius 3 is 2.85 bits per heavy atom. The molecule has 0 amide bonds. The van der Waals surface area contributed by atoms with Crippen molar-refractivity contribution >= 4 is 37.6 Å². The third kappa shape index (κ3) is 3.65. The van der Waals surface area contributed by atoms with Gasteiger partial charge in [0.1, 0.15) is 4.90 Å². The molecule has 0 saturated carbocycles. The Labute approximate surface area is 132 Å². The lowest BCUT2D eigenvalue weighted by Gasteiger charge is -2.24. The van der Waals surface area contributed by atoms with Crippen LogP contribution in [0.5, 0.6) is 5.75 Å². The van der Waals surface area contributed by atoms with Gasteiger partial charge in [-0.2, -0.15) is 0 Å². The zero-order valence-corrected chi connectivity index (χ0v) is 14.1. The van der Waals surface area contributed by atoms with Gasteiger partial charge >= 0.3 is 0 Å². The molecule has 2 rings (SSSR count). The van der Waals surface area contributed by atoms with E-state index in [2.05, 4.69) is 26.0 Å². The van der Waals surface area contributed by atoms with Crippen molar-refractivity contribution < 1.29 is 13.2 Å². The van der Waals surface area contributed by atoms with E-state index in [9.17, 15) is 8.42 Å². The summed E-state index contributed by atoms with van der Waals surface area (Å²) < 4.78 is 33.3. The fraction of sp³-hybridized carbons (Fsp3) is 0.500. The summed E-state index contributed by atoms with van der Waals surface area (Å²) in [6.45, 7) is 1.55. The van der Waals surface area contributed by atoms with Gasteiger partial charge in [0.15, 0.2) is 5.75 Å². The standard InChI is InChI=1S/C12H16BrClN2O3S/c1-19-12-10(13)5-8(14)6-11(12)20(17,18)16-9-3-2-4-15-7-9/h5-6,9,15-16H,2-4,7H2,1H3. The van der Waals surface area contributed by atoms with Gasteiger partial charge in [-0.05, 0) is 47.4 Å². The second-order valence-electron chi connectivity index (χ2n) is 4.58. The highest BCUT2D eigenvalue weighted by Crippen LogP contribution is 2.35. The molecule has 1 aromatic carbocycles. The summed E-state index contributed by atoms with van der Waals surface area (Å²) in [6.07, 6.45) is 1.76. The van der Waals surface area contributed by atoms with Crippen LogP contribution < -0.4 is 14.8 Å². The molecule has 20 heavy (non-hydrogen) atoms. The number of benzene rings is 1. The minimum Gasteiger partial charge on any atom is -0.494 e. The summed E-state index contributed by atoms with van der Waals surface area (Å²) in [5, 5.41) is 3.50. The maximum absolute atomic E-state index is 12.5. The molecular weight excluding hydrogens is 368 g/mol. The van der Waals surface area contributed by atoms with E-state index in [1.165, 1.54) is 13.2 Å². The fourth-order valence-electron chi connectivity index (χ4n) is 2.17. The lowest BCUT2D eigenvalue weighted by molar-refractivity contribution is 0.397. The first-order valence-electron chi connectivity index (χ1n) is 6.20. The van der Waals surface area contributed by atoms with Crippen molar-refractivity contribution in [3.63, 3.8) is 0 Å². The number of ether oxygens (including phenoxy) is 1. The van der Waals surface area contributed by atoms with Crippen molar-refractivity contribution in [1.29, 1.82) is 0 Å². The van der Waals surface area contributed by atoms with Gasteiger partial charge in [-0.15, -0.1) is 0 Å². The largest absolute Gasteiger partial charge is 0.494 e. The van der Waals surface area contributed by atoms with Crippen LogP contribution in [0.3, 0.4) is 0 Å². The molecule has 1 unspecified atom stereocenters. The number of hydrogen-bond acceptors (Lipinski definition) is 4. The zero-order chi connectivity index (χ0) is 14.8. The molecule has 0 spiro atoms. The van der Waals surface area contributed by atoms with Gasteiger partial charge in [-0.25, -0.2) is 13.1 Å². The highest BCUT2D eigenvalue weighted by atomic mass is 79.9. The fourth-order valence-corrected chi connectivity index (χ4v) is 4.82. The summed E-state index contributed by atoms with van der Waals surface area (Å²) in [5.41, 5.74) is 0. The van der Waals surface area contributed by atoms with Gasteiger partial charge in [0.05, 0.1) is 11.6 Å². The summed E-state index contributed by atoms with van der Waals surface area (Å²) >= 11 is 9.20. The SMILES string of the molecule is COc1c(Br)cc(Cl)cc1S(=O)(=O)NC1CCCNC1. The van der Waals surface area contributed by atoms with Crippen LogP contribution in [0, 0.1) is 0 Å². The second kappa shape index (κ2) is 6.62. The number of sulfonamides is 1. The molecule has 8 heteroatoms. The lowest BCUT2D eigenvalue weighted by atomic mass is 10.1. The molecular formula is C12H16BrClN2O3S. The molecule has 1 aliphatic heterocycles. The molecule has 1 heterocycles. The third-order valence-corrected chi connectivity index (χ3v) is 5.42. The first-order valence-corrected chi connectivity index (χ1v) is 8.85. The summed E-state index contributed by atoms with van der Waals surface area (Å²) in [7, 11) is -2.25. The molecule has 0 radical (unpaired) electrons. The zero-order valence-electron chi connectivity index (χ0n) is 10.9. The van der Waals surface area contributed by atoms with E-state index in [0.29, 0.717) is 16.0 Å². The molecule has 0 bridgehead atoms. The Bertz CT molecular complexity index is 589. The van der Waals surface area contributed by atoms with Crippen LogP contribution in [-0.4, -0.2) is 34.7 Å². The first kappa shape index (κ1) is 16.0. The van der Waals surface area contributed by atoms with E-state index < -0.39 is 10.0 Å². The number of nitrogens with one attached hydrogen (secondary N) is 2. The van der Waals surface area contributed by atoms with Crippen LogP contribution >= 0.6 is 27.5 Å². The Kier molecular flexibility index (Phi) is 5.30. The van der Waals surface area contributed by atoms with Gasteiger partial charge in [0, 0.05) is 17.6 Å². The van der Waals surface area contributed by atoms with Gasteiger partial charge in [-0.1, -0.05) is 11.6 Å². The normalized spacial score (nSPS) is 19.9. The summed E-state index contributed by atoms with van der Waals surface area (Å²) in [5.74, 6) is 0.255. The monoisotopic (exact) mass is 382 g/mol. The highest BCUT2D eigenvalue weighted by Gasteiger charge is 2.26. The smallest absolute Gasteiger partial charge is 0.244 e. The summed E-state index contributed by atoms with van der Waals surface area (Å²) in [6, 6.07) is 2.88. The molecule has 1 atom stereocenters. The highest BCUT2D eigenvalue weighted by molar-refractivity contribution is 9.10. The lowest BCUT2D eigenvalue weighted by Crippen LogP contribution is -2.45. The van der Waals surface area contributed by atoms with E-state index >= 15 is 0 Å². The second-order valence-corrected chi connectivity index (χ2v) is 7.56. The average molecular weight is 384 g/mol. The number of rotatable bonds is 4. The number of piperidine rings is 1. The predicted molar refractivity (Wildman–Crippen MR) is 81.9 cm³/mol. The van der Waals surface area contributed by atoms with Gasteiger partial charge < -0.3 is 10.1 Å². The first-order chi connectivity index (χ1) is 9.44. The molecule has 0 aromatic heterocycles. The Morgan fingerprint density at radius 2 is 2.25 bits per heavy atom. The van der Waals surface area contributed by atoms with E-state index in [1.54, 1.807) is 6.07 Å². The topological polar surface area (TPSA) is 67.4 Å². The minimum absolute atomic E-state index is 0.0462. The number of hydrogen-bond donors (Lipinski definition) is 2. The molecule has 1 aliphatic rings. The Hall–Kier alpha value is -0.340. The van der Waals surface area contributed by atoms with Crippen molar-refractivity contribution in [1.82, 2.24) is 10.0 Å². The van der Waals surface area contributed by atoms with Crippen molar-refractivity contribution in [2.75, 3.05) is 20.2 Å². The number of halogens is 2. The van der Waals surface area contributed by atoms with Crippen molar-refractivity contribution in [2.45, 2.75) is 23.8 Å². The van der Waals surface area contributed by atoms with E-state index in [1.807, 2.05) is 0 Å². The van der Waals surface area contributed by atoms with Crippen LogP contribution in [0.15, 0.2) is 21.5 Å². The Morgan fingerprint density at radius 1 is 1.50 bits per heavy atom. The van der Waals surface area contributed by atoms with Crippen molar-refractivity contribution in [3.8, 4) is 5.75 Å². The minimum atomic E-state index is -3.68. The number of methoxy groups -OCH3 is 1. The molecule has 0 aliphatic carbocycles. The van der Waals surface area contributed by atoms with Crippen LogP contribution in [0.1, 0.15) is 12.8 Å². The predicted octanol–water partition coefficient (Wildman–Crippen LogP) is 2.14. The Balaban J connectivity index is 2.33. The van der Waals surface area contributed by atoms with Gasteiger partial charge in [-0.3, -0.25) is 0 Å². The molecule has 5 nitrogen and oxygen atoms in total. The summed E-state index contributed by atoms with van der Waals surface area (Å²) in [4.78, 5) is 0.0462. The maximum Gasteiger partial charge on any atom is 0.244 e. The molecule has 2 N–H and O–H groups in total. The molecule has 112 valence electrons. The van der Waals surface area contributed by atoms with Crippen LogP contribution in [0.2, 0.25) is 5.02 Å². The third-order valence-electron chi connectivity index (χ3n) is 3.09. The van der Waals surface area contributed by atoms with Crippen molar-refractivity contribution in [3.05, 3.63) is 21.6 Å². The molecule has 1 saturated heterocycles. The van der Waals surface area contributed by atoms with Crippen LogP contribution in [-0.2, 0) is 10.0 Å². The molecule has 1 fully saturated rings. The van der Waals surface area contributed by atoms with E-state index in [0.717, 1.165) is 19.4 Å².